The fourth-order valence-electron chi connectivity index (χ4n) is 3.74. The Morgan fingerprint density at radius 1 is 1.21 bits per heavy atom. The van der Waals surface area contributed by atoms with E-state index in [1.807, 2.05) is 12.1 Å². The van der Waals surface area contributed by atoms with Gasteiger partial charge in [-0.1, -0.05) is 12.1 Å². The van der Waals surface area contributed by atoms with E-state index in [2.05, 4.69) is 10.2 Å². The zero-order valence-corrected chi connectivity index (χ0v) is 16.1. The fourth-order valence-corrected chi connectivity index (χ4v) is 3.74. The summed E-state index contributed by atoms with van der Waals surface area (Å²) in [7, 11) is 3.23. The van der Waals surface area contributed by atoms with Crippen molar-refractivity contribution in [2.45, 2.75) is 18.9 Å². The third-order valence-corrected chi connectivity index (χ3v) is 5.13. The first-order valence-corrected chi connectivity index (χ1v) is 9.22. The molecule has 2 aromatic rings. The van der Waals surface area contributed by atoms with E-state index in [-0.39, 0.29) is 11.9 Å². The van der Waals surface area contributed by atoms with E-state index < -0.39 is 6.09 Å². The van der Waals surface area contributed by atoms with Crippen molar-refractivity contribution in [1.82, 2.24) is 10.2 Å². The number of benzene rings is 2. The Balaban J connectivity index is 1.92. The van der Waals surface area contributed by atoms with E-state index in [1.165, 1.54) is 17.7 Å². The number of nitrogens with zero attached hydrogens (tertiary/aromatic N) is 1. The van der Waals surface area contributed by atoms with Crippen LogP contribution in [0.4, 0.5) is 9.18 Å². The van der Waals surface area contributed by atoms with Gasteiger partial charge in [0.25, 0.3) is 0 Å². The highest BCUT2D eigenvalue weighted by Gasteiger charge is 2.29. The third kappa shape index (κ3) is 4.54. The largest absolute Gasteiger partial charge is 0.493 e. The lowest BCUT2D eigenvalue weighted by atomic mass is 9.88. The van der Waals surface area contributed by atoms with E-state index in [0.717, 1.165) is 24.1 Å². The van der Waals surface area contributed by atoms with Gasteiger partial charge in [-0.3, -0.25) is 4.90 Å². The quantitative estimate of drug-likeness (QED) is 0.762. The van der Waals surface area contributed by atoms with Crippen molar-refractivity contribution >= 4 is 6.09 Å². The molecule has 1 unspecified atom stereocenters. The smallest absolute Gasteiger partial charge is 0.404 e. The second kappa shape index (κ2) is 8.93. The van der Waals surface area contributed by atoms with Gasteiger partial charge in [-0.05, 0) is 53.8 Å². The Morgan fingerprint density at radius 3 is 2.54 bits per heavy atom. The zero-order valence-electron chi connectivity index (χ0n) is 16.1. The summed E-state index contributed by atoms with van der Waals surface area (Å²) in [5, 5.41) is 11.3. The number of fused-ring (bicyclic) bond motifs is 1. The summed E-state index contributed by atoms with van der Waals surface area (Å²) in [5.41, 5.74) is 3.33. The van der Waals surface area contributed by atoms with Crippen LogP contribution in [0.1, 0.15) is 22.7 Å². The molecule has 150 valence electrons. The number of methoxy groups -OCH3 is 2. The molecule has 2 aromatic carbocycles. The van der Waals surface area contributed by atoms with Crippen molar-refractivity contribution in [2.24, 2.45) is 0 Å². The SMILES string of the molecule is COc1cc2c(cc1OC)C(Cc1ccc(F)cc1)N(CCNC(=O)O)CC2. The van der Waals surface area contributed by atoms with Gasteiger partial charge in [-0.25, -0.2) is 9.18 Å². The normalized spacial score (nSPS) is 16.3. The summed E-state index contributed by atoms with van der Waals surface area (Å²) in [5.74, 6) is 1.10. The van der Waals surface area contributed by atoms with Crippen molar-refractivity contribution in [3.63, 3.8) is 0 Å². The molecule has 0 spiro atoms. The molecule has 1 atom stereocenters. The summed E-state index contributed by atoms with van der Waals surface area (Å²) in [6, 6.07) is 10.5. The summed E-state index contributed by atoms with van der Waals surface area (Å²) in [4.78, 5) is 13.1. The molecule has 0 fully saturated rings. The molecule has 6 nitrogen and oxygen atoms in total. The third-order valence-electron chi connectivity index (χ3n) is 5.13. The van der Waals surface area contributed by atoms with E-state index >= 15 is 0 Å². The van der Waals surface area contributed by atoms with E-state index in [1.54, 1.807) is 26.4 Å². The van der Waals surface area contributed by atoms with Gasteiger partial charge in [0.15, 0.2) is 11.5 Å². The minimum Gasteiger partial charge on any atom is -0.493 e. The highest BCUT2D eigenvalue weighted by atomic mass is 19.1. The monoisotopic (exact) mass is 388 g/mol. The van der Waals surface area contributed by atoms with Gasteiger partial charge in [0.05, 0.1) is 14.2 Å². The van der Waals surface area contributed by atoms with Crippen LogP contribution in [0.3, 0.4) is 0 Å². The minimum absolute atomic E-state index is 0.0320. The van der Waals surface area contributed by atoms with Gasteiger partial charge in [-0.2, -0.15) is 0 Å². The molecule has 7 heteroatoms. The van der Waals surface area contributed by atoms with Crippen LogP contribution in [0, 0.1) is 5.82 Å². The number of halogens is 1. The highest BCUT2D eigenvalue weighted by Crippen LogP contribution is 2.39. The molecule has 0 aliphatic carbocycles. The van der Waals surface area contributed by atoms with Crippen molar-refractivity contribution in [1.29, 1.82) is 0 Å². The predicted molar refractivity (Wildman–Crippen MR) is 104 cm³/mol. The first-order valence-electron chi connectivity index (χ1n) is 9.22. The lowest BCUT2D eigenvalue weighted by molar-refractivity contribution is 0.172. The molecule has 0 aromatic heterocycles. The Labute approximate surface area is 163 Å². The molecule has 2 N–H and O–H groups in total. The molecular weight excluding hydrogens is 363 g/mol. The van der Waals surface area contributed by atoms with Crippen molar-refractivity contribution in [3.05, 3.63) is 58.9 Å². The van der Waals surface area contributed by atoms with Gasteiger partial charge >= 0.3 is 6.09 Å². The second-order valence-electron chi connectivity index (χ2n) is 6.77. The molecule has 3 rings (SSSR count). The maximum absolute atomic E-state index is 13.3. The number of carbonyl (C=O) groups is 1. The highest BCUT2D eigenvalue weighted by molar-refractivity contribution is 5.64. The van der Waals surface area contributed by atoms with Gasteiger partial charge in [0.1, 0.15) is 5.82 Å². The molecule has 0 radical (unpaired) electrons. The standard InChI is InChI=1S/C21H25FN2O4/c1-27-19-12-15-7-9-24(10-8-23-21(25)26)18(17(15)13-20(19)28-2)11-14-3-5-16(22)6-4-14/h3-6,12-13,18,23H,7-11H2,1-2H3,(H,25,26). The number of ether oxygens (including phenoxy) is 2. The summed E-state index contributed by atoms with van der Waals surface area (Å²) in [6.07, 6.45) is 0.498. The van der Waals surface area contributed by atoms with E-state index in [9.17, 15) is 9.18 Å². The number of nitrogens with one attached hydrogen (secondary N) is 1. The Kier molecular flexibility index (Phi) is 6.36. The molecule has 0 saturated carbocycles. The van der Waals surface area contributed by atoms with Crippen LogP contribution in [0.25, 0.3) is 0 Å². The van der Waals surface area contributed by atoms with Crippen LogP contribution in [-0.4, -0.2) is 50.0 Å². The number of rotatable bonds is 7. The maximum atomic E-state index is 13.3. The molecule has 1 heterocycles. The fraction of sp³-hybridized carbons (Fsp3) is 0.381. The first-order chi connectivity index (χ1) is 13.5. The number of hydrogen-bond acceptors (Lipinski definition) is 4. The molecule has 0 saturated heterocycles. The zero-order chi connectivity index (χ0) is 20.1. The van der Waals surface area contributed by atoms with Crippen molar-refractivity contribution in [3.8, 4) is 11.5 Å². The lowest BCUT2D eigenvalue weighted by Gasteiger charge is -2.38. The van der Waals surface area contributed by atoms with Crippen molar-refractivity contribution in [2.75, 3.05) is 33.9 Å². The van der Waals surface area contributed by atoms with Crippen LogP contribution in [0.2, 0.25) is 0 Å². The maximum Gasteiger partial charge on any atom is 0.404 e. The Morgan fingerprint density at radius 2 is 1.89 bits per heavy atom. The molecule has 0 bridgehead atoms. The summed E-state index contributed by atoms with van der Waals surface area (Å²) < 4.78 is 24.2. The molecule has 1 amide bonds. The van der Waals surface area contributed by atoms with Gasteiger partial charge < -0.3 is 19.9 Å². The van der Waals surface area contributed by atoms with Crippen LogP contribution in [-0.2, 0) is 12.8 Å². The molecule has 28 heavy (non-hydrogen) atoms. The number of amides is 1. The molecular formula is C21H25FN2O4. The van der Waals surface area contributed by atoms with Crippen LogP contribution in [0.5, 0.6) is 11.5 Å². The lowest BCUT2D eigenvalue weighted by Crippen LogP contribution is -2.41. The topological polar surface area (TPSA) is 71.0 Å². The second-order valence-corrected chi connectivity index (χ2v) is 6.77. The summed E-state index contributed by atoms with van der Waals surface area (Å²) in [6.45, 7) is 1.74. The van der Waals surface area contributed by atoms with Gasteiger partial charge in [0, 0.05) is 25.7 Å². The first kappa shape index (κ1) is 19.9. The van der Waals surface area contributed by atoms with E-state index in [4.69, 9.17) is 14.6 Å². The van der Waals surface area contributed by atoms with Crippen LogP contribution in [0.15, 0.2) is 36.4 Å². The number of hydrogen-bond donors (Lipinski definition) is 2. The Bertz CT molecular complexity index is 826. The molecule has 1 aliphatic heterocycles. The number of carboxylic acid groups (broad SMARTS) is 1. The average molecular weight is 388 g/mol. The average Bonchev–Trinajstić information content (AvgIpc) is 2.69. The predicted octanol–water partition coefficient (Wildman–Crippen LogP) is 3.25. The van der Waals surface area contributed by atoms with Crippen molar-refractivity contribution < 1.29 is 23.8 Å². The Hall–Kier alpha value is -2.80. The minimum atomic E-state index is -1.03. The van der Waals surface area contributed by atoms with E-state index in [0.29, 0.717) is 31.0 Å². The van der Waals surface area contributed by atoms with Gasteiger partial charge in [0.2, 0.25) is 0 Å². The van der Waals surface area contributed by atoms with Crippen LogP contribution >= 0.6 is 0 Å². The summed E-state index contributed by atoms with van der Waals surface area (Å²) >= 11 is 0. The van der Waals surface area contributed by atoms with Crippen LogP contribution < -0.4 is 14.8 Å². The molecule has 1 aliphatic rings. The van der Waals surface area contributed by atoms with Gasteiger partial charge in [-0.15, -0.1) is 0 Å².